The van der Waals surface area contributed by atoms with E-state index in [2.05, 4.69) is 0 Å². The van der Waals surface area contributed by atoms with Crippen molar-refractivity contribution in [2.24, 2.45) is 0 Å². The van der Waals surface area contributed by atoms with E-state index in [1.54, 1.807) is 0 Å². The van der Waals surface area contributed by atoms with Crippen molar-refractivity contribution in [2.75, 3.05) is 19.8 Å². The van der Waals surface area contributed by atoms with Gasteiger partial charge in [-0.25, -0.2) is 9.37 Å². The Hall–Kier alpha value is -2.50. The van der Waals surface area contributed by atoms with Crippen LogP contribution in [0.15, 0.2) is 36.4 Å². The van der Waals surface area contributed by atoms with Gasteiger partial charge < -0.3 is 28.6 Å². The average Bonchev–Trinajstić information content (AvgIpc) is 3.63. The van der Waals surface area contributed by atoms with Crippen molar-refractivity contribution >= 4 is 23.6 Å². The highest BCUT2D eigenvalue weighted by atomic mass is 19.1. The SMILES string of the molecule is CC.CC1(C)OB(c2ccc(-c3nc4cc(O[C@@H]5COC(CO)C5)n(C5CCCCO5)c4cc3F)cc2)OC1(C)C. The lowest BCUT2D eigenvalue weighted by atomic mass is 9.79. The second-order valence-electron chi connectivity index (χ2n) is 11.7. The molecule has 0 spiro atoms. The zero-order chi connectivity index (χ0) is 29.4. The summed E-state index contributed by atoms with van der Waals surface area (Å²) in [6, 6.07) is 10.9. The summed E-state index contributed by atoms with van der Waals surface area (Å²) in [6.07, 6.45) is 2.72. The van der Waals surface area contributed by atoms with Gasteiger partial charge in [-0.2, -0.15) is 0 Å². The molecule has 2 aromatic heterocycles. The summed E-state index contributed by atoms with van der Waals surface area (Å²) in [4.78, 5) is 4.74. The fourth-order valence-corrected chi connectivity index (χ4v) is 5.45. The molecule has 6 rings (SSSR count). The maximum absolute atomic E-state index is 15.6. The number of hydrogen-bond donors (Lipinski definition) is 1. The molecule has 5 heterocycles. The molecule has 222 valence electrons. The number of rotatable bonds is 6. The van der Waals surface area contributed by atoms with Crippen LogP contribution in [-0.2, 0) is 18.8 Å². The number of aliphatic hydroxyl groups is 1. The van der Waals surface area contributed by atoms with Gasteiger partial charge in [-0.3, -0.25) is 4.57 Å². The van der Waals surface area contributed by atoms with Gasteiger partial charge in [-0.1, -0.05) is 38.1 Å². The van der Waals surface area contributed by atoms with E-state index in [-0.39, 0.29) is 30.7 Å². The second kappa shape index (κ2) is 12.0. The fraction of sp³-hybridized carbons (Fsp3) is 0.581. The molecule has 3 atom stereocenters. The van der Waals surface area contributed by atoms with Crippen LogP contribution in [0.25, 0.3) is 22.3 Å². The number of aromatic nitrogens is 2. The van der Waals surface area contributed by atoms with E-state index in [9.17, 15) is 5.11 Å². The van der Waals surface area contributed by atoms with Crippen molar-refractivity contribution < 1.29 is 33.0 Å². The first kappa shape index (κ1) is 30.0. The number of pyridine rings is 1. The van der Waals surface area contributed by atoms with E-state index < -0.39 is 24.1 Å². The van der Waals surface area contributed by atoms with Crippen molar-refractivity contribution in [2.45, 2.75) is 96.9 Å². The summed E-state index contributed by atoms with van der Waals surface area (Å²) in [5.41, 5.74) is 2.18. The van der Waals surface area contributed by atoms with Crippen molar-refractivity contribution in [1.29, 1.82) is 0 Å². The minimum Gasteiger partial charge on any atom is -0.473 e. The Morgan fingerprint density at radius 1 is 1.05 bits per heavy atom. The first-order chi connectivity index (χ1) is 19.6. The van der Waals surface area contributed by atoms with Crippen molar-refractivity contribution in [1.82, 2.24) is 9.55 Å². The molecule has 0 radical (unpaired) electrons. The summed E-state index contributed by atoms with van der Waals surface area (Å²) < 4.78 is 47.8. The topological polar surface area (TPSA) is 84.2 Å². The van der Waals surface area contributed by atoms with Gasteiger partial charge in [0.2, 0.25) is 0 Å². The number of benzene rings is 1. The van der Waals surface area contributed by atoms with Gasteiger partial charge in [-0.15, -0.1) is 0 Å². The summed E-state index contributed by atoms with van der Waals surface area (Å²) in [5, 5.41) is 9.45. The van der Waals surface area contributed by atoms with Crippen LogP contribution in [0.2, 0.25) is 0 Å². The van der Waals surface area contributed by atoms with Crippen LogP contribution in [0.1, 0.15) is 73.5 Å². The zero-order valence-corrected chi connectivity index (χ0v) is 25.0. The molecular weight excluding hydrogens is 526 g/mol. The maximum atomic E-state index is 15.6. The molecule has 0 saturated carbocycles. The molecule has 1 aromatic carbocycles. The molecule has 0 aliphatic carbocycles. The van der Waals surface area contributed by atoms with E-state index in [1.807, 2.05) is 76.4 Å². The number of halogens is 1. The van der Waals surface area contributed by atoms with Crippen molar-refractivity contribution in [3.8, 4) is 17.1 Å². The van der Waals surface area contributed by atoms with Crippen LogP contribution in [0.5, 0.6) is 5.88 Å². The Labute approximate surface area is 242 Å². The van der Waals surface area contributed by atoms with Gasteiger partial charge in [0.15, 0.2) is 11.7 Å². The summed E-state index contributed by atoms with van der Waals surface area (Å²) in [7, 11) is -0.487. The highest BCUT2D eigenvalue weighted by Crippen LogP contribution is 2.38. The quantitative estimate of drug-likeness (QED) is 0.399. The number of ether oxygens (including phenoxy) is 3. The van der Waals surface area contributed by atoms with E-state index in [1.165, 1.54) is 6.07 Å². The lowest BCUT2D eigenvalue weighted by molar-refractivity contribution is -0.0350. The number of hydrogen-bond acceptors (Lipinski definition) is 7. The Balaban J connectivity index is 0.00000165. The molecule has 10 heteroatoms. The maximum Gasteiger partial charge on any atom is 0.494 e. The molecule has 3 aliphatic rings. The monoisotopic (exact) mass is 568 g/mol. The van der Waals surface area contributed by atoms with Crippen LogP contribution in [0.4, 0.5) is 4.39 Å². The number of fused-ring (bicyclic) bond motifs is 1. The molecule has 0 amide bonds. The van der Waals surface area contributed by atoms with Crippen molar-refractivity contribution in [3.05, 3.63) is 42.2 Å². The molecular formula is C31H42BFN2O6. The predicted molar refractivity (Wildman–Crippen MR) is 157 cm³/mol. The van der Waals surface area contributed by atoms with Crippen molar-refractivity contribution in [3.63, 3.8) is 0 Å². The Morgan fingerprint density at radius 2 is 1.76 bits per heavy atom. The van der Waals surface area contributed by atoms with Gasteiger partial charge in [0.05, 0.1) is 41.6 Å². The Bertz CT molecular complexity index is 1320. The third-order valence-electron chi connectivity index (χ3n) is 8.43. The Morgan fingerprint density at radius 3 is 2.37 bits per heavy atom. The third-order valence-corrected chi connectivity index (χ3v) is 8.43. The van der Waals surface area contributed by atoms with E-state index in [0.29, 0.717) is 42.1 Å². The standard InChI is InChI=1S/C29H36BFN2O6.C2H6/c1-28(2)29(3,4)39-30(38-28)19-10-8-18(9-11-19)27-22(31)14-24-23(32-27)15-26(33(24)25-7-5-6-12-35-25)37-21-13-20(16-34)36-17-21;1-2/h8-11,14-15,20-21,25,34H,5-7,12-13,16-17H2,1-4H3;1-2H3/t20?,21-,25?;/m0./s1. The van der Waals surface area contributed by atoms with Gasteiger partial charge in [0.25, 0.3) is 0 Å². The largest absolute Gasteiger partial charge is 0.494 e. The molecule has 41 heavy (non-hydrogen) atoms. The van der Waals surface area contributed by atoms with E-state index in [4.69, 9.17) is 28.5 Å². The van der Waals surface area contributed by atoms with Gasteiger partial charge in [0.1, 0.15) is 18.0 Å². The number of aliphatic hydroxyl groups excluding tert-OH is 1. The molecule has 0 bridgehead atoms. The molecule has 3 aromatic rings. The fourth-order valence-electron chi connectivity index (χ4n) is 5.45. The van der Waals surface area contributed by atoms with Gasteiger partial charge >= 0.3 is 7.12 Å². The smallest absolute Gasteiger partial charge is 0.473 e. The lowest BCUT2D eigenvalue weighted by Crippen LogP contribution is -2.41. The minimum absolute atomic E-state index is 0.0436. The zero-order valence-electron chi connectivity index (χ0n) is 25.0. The molecule has 3 saturated heterocycles. The first-order valence-corrected chi connectivity index (χ1v) is 14.8. The van der Waals surface area contributed by atoms with E-state index in [0.717, 1.165) is 24.7 Å². The number of nitrogens with zero attached hydrogens (tertiary/aromatic N) is 2. The molecule has 2 unspecified atom stereocenters. The highest BCUT2D eigenvalue weighted by Gasteiger charge is 2.51. The molecule has 8 nitrogen and oxygen atoms in total. The molecule has 1 N–H and O–H groups in total. The van der Waals surface area contributed by atoms with Crippen LogP contribution in [0, 0.1) is 5.82 Å². The normalized spacial score (nSPS) is 25.3. The van der Waals surface area contributed by atoms with Gasteiger partial charge in [0, 0.05) is 30.7 Å². The van der Waals surface area contributed by atoms with E-state index >= 15 is 4.39 Å². The van der Waals surface area contributed by atoms with Crippen LogP contribution in [0.3, 0.4) is 0 Å². The van der Waals surface area contributed by atoms with Gasteiger partial charge in [-0.05, 0) is 52.4 Å². The second-order valence-corrected chi connectivity index (χ2v) is 11.7. The van der Waals surface area contributed by atoms with Crippen LogP contribution >= 0.6 is 0 Å². The first-order valence-electron chi connectivity index (χ1n) is 14.8. The highest BCUT2D eigenvalue weighted by molar-refractivity contribution is 6.62. The average molecular weight is 568 g/mol. The summed E-state index contributed by atoms with van der Waals surface area (Å²) in [6.45, 7) is 13.1. The Kier molecular flexibility index (Phi) is 8.78. The van der Waals surface area contributed by atoms with Crippen LogP contribution < -0.4 is 10.2 Å². The predicted octanol–water partition coefficient (Wildman–Crippen LogP) is 5.40. The third kappa shape index (κ3) is 5.90. The summed E-state index contributed by atoms with van der Waals surface area (Å²) >= 11 is 0. The molecule has 3 fully saturated rings. The summed E-state index contributed by atoms with van der Waals surface area (Å²) in [5.74, 6) is 0.154. The van der Waals surface area contributed by atoms with Crippen LogP contribution in [-0.4, -0.2) is 65.0 Å². The minimum atomic E-state index is -0.487. The lowest BCUT2D eigenvalue weighted by Gasteiger charge is -2.32. The molecule has 3 aliphatic heterocycles.